The summed E-state index contributed by atoms with van der Waals surface area (Å²) < 4.78 is 5.54. The van der Waals surface area contributed by atoms with Crippen LogP contribution in [0.15, 0.2) is 0 Å². The Morgan fingerprint density at radius 3 is 2.39 bits per heavy atom. The lowest BCUT2D eigenvalue weighted by atomic mass is 9.79. The van der Waals surface area contributed by atoms with Crippen LogP contribution in [0.3, 0.4) is 0 Å². The molecule has 0 aromatic carbocycles. The number of amides is 1. The number of carbonyl (C=O) groups is 1. The summed E-state index contributed by atoms with van der Waals surface area (Å²) in [5.41, 5.74) is -0.405. The summed E-state index contributed by atoms with van der Waals surface area (Å²) in [5, 5.41) is 3.70. The van der Waals surface area contributed by atoms with Crippen LogP contribution in [0.1, 0.15) is 73.1 Å². The Kier molecular flexibility index (Phi) is 6.35. The van der Waals surface area contributed by atoms with Crippen molar-refractivity contribution in [3.8, 4) is 0 Å². The molecule has 0 aromatic heterocycles. The average molecular weight is 325 g/mol. The molecule has 4 nitrogen and oxygen atoms in total. The monoisotopic (exact) mass is 324 g/mol. The second-order valence-corrected chi connectivity index (χ2v) is 8.68. The van der Waals surface area contributed by atoms with E-state index in [2.05, 4.69) is 19.2 Å². The van der Waals surface area contributed by atoms with Crippen LogP contribution in [-0.2, 0) is 4.74 Å². The molecule has 0 radical (unpaired) electrons. The zero-order chi connectivity index (χ0) is 17.0. The van der Waals surface area contributed by atoms with E-state index in [0.717, 1.165) is 44.2 Å². The second kappa shape index (κ2) is 7.87. The van der Waals surface area contributed by atoms with Crippen molar-refractivity contribution in [1.29, 1.82) is 0 Å². The van der Waals surface area contributed by atoms with Crippen molar-refractivity contribution in [1.82, 2.24) is 10.2 Å². The Morgan fingerprint density at radius 2 is 1.83 bits per heavy atom. The molecular weight excluding hydrogens is 288 g/mol. The zero-order valence-electron chi connectivity index (χ0n) is 15.7. The number of ether oxygens (including phenoxy) is 1. The fourth-order valence-electron chi connectivity index (χ4n) is 3.42. The molecular formula is C19H36N2O2. The quantitative estimate of drug-likeness (QED) is 0.745. The van der Waals surface area contributed by atoms with E-state index >= 15 is 0 Å². The molecule has 0 aromatic rings. The summed E-state index contributed by atoms with van der Waals surface area (Å²) in [6, 6.07) is 1.08. The number of rotatable bonds is 6. The number of carbonyl (C=O) groups excluding carboxylic acids is 1. The summed E-state index contributed by atoms with van der Waals surface area (Å²) >= 11 is 0. The minimum atomic E-state index is -0.405. The van der Waals surface area contributed by atoms with Crippen LogP contribution >= 0.6 is 0 Å². The molecule has 0 heterocycles. The number of hydrogen-bond acceptors (Lipinski definition) is 3. The Balaban J connectivity index is 1.68. The maximum atomic E-state index is 12.3. The van der Waals surface area contributed by atoms with Crippen molar-refractivity contribution < 1.29 is 9.53 Å². The maximum Gasteiger partial charge on any atom is 0.410 e. The van der Waals surface area contributed by atoms with Crippen LogP contribution < -0.4 is 5.32 Å². The molecule has 3 unspecified atom stereocenters. The van der Waals surface area contributed by atoms with Gasteiger partial charge in [-0.3, -0.25) is 0 Å². The van der Waals surface area contributed by atoms with Gasteiger partial charge in [-0.05, 0) is 77.7 Å². The first-order chi connectivity index (χ1) is 10.8. The molecule has 0 spiro atoms. The Labute approximate surface area is 142 Å². The highest BCUT2D eigenvalue weighted by molar-refractivity contribution is 5.69. The van der Waals surface area contributed by atoms with Crippen molar-refractivity contribution in [3.05, 3.63) is 0 Å². The molecule has 23 heavy (non-hydrogen) atoms. The van der Waals surface area contributed by atoms with Crippen LogP contribution in [0.5, 0.6) is 0 Å². The van der Waals surface area contributed by atoms with Gasteiger partial charge in [0, 0.05) is 18.6 Å². The Morgan fingerprint density at radius 1 is 1.13 bits per heavy atom. The van der Waals surface area contributed by atoms with Gasteiger partial charge in [-0.15, -0.1) is 0 Å². The van der Waals surface area contributed by atoms with Crippen molar-refractivity contribution >= 4 is 6.09 Å². The Hall–Kier alpha value is -0.770. The van der Waals surface area contributed by atoms with Gasteiger partial charge in [0.05, 0.1) is 0 Å². The highest BCUT2D eigenvalue weighted by Gasteiger charge is 2.34. The van der Waals surface area contributed by atoms with Crippen LogP contribution in [0.2, 0.25) is 0 Å². The van der Waals surface area contributed by atoms with Gasteiger partial charge in [-0.1, -0.05) is 13.8 Å². The normalized spacial score (nSPS) is 28.5. The largest absolute Gasteiger partial charge is 0.444 e. The van der Waals surface area contributed by atoms with E-state index in [4.69, 9.17) is 4.74 Å². The molecule has 2 rings (SSSR count). The summed E-state index contributed by atoms with van der Waals surface area (Å²) in [6.07, 6.45) is 7.06. The van der Waals surface area contributed by atoms with Gasteiger partial charge < -0.3 is 15.0 Å². The maximum absolute atomic E-state index is 12.3. The fourth-order valence-corrected chi connectivity index (χ4v) is 3.42. The summed E-state index contributed by atoms with van der Waals surface area (Å²) in [7, 11) is 0. The number of hydrogen-bond donors (Lipinski definition) is 1. The van der Waals surface area contributed by atoms with Gasteiger partial charge >= 0.3 is 6.09 Å². The topological polar surface area (TPSA) is 41.6 Å². The van der Waals surface area contributed by atoms with E-state index < -0.39 is 5.60 Å². The predicted octanol–water partition coefficient (Wildman–Crippen LogP) is 4.19. The lowest BCUT2D eigenvalue weighted by Gasteiger charge is -2.33. The van der Waals surface area contributed by atoms with Gasteiger partial charge in [-0.2, -0.15) is 0 Å². The first-order valence-electron chi connectivity index (χ1n) is 9.49. The molecule has 0 saturated heterocycles. The van der Waals surface area contributed by atoms with E-state index in [0.29, 0.717) is 12.1 Å². The molecule has 2 saturated carbocycles. The second-order valence-electron chi connectivity index (χ2n) is 8.68. The summed E-state index contributed by atoms with van der Waals surface area (Å²) in [5.74, 6) is 1.69. The van der Waals surface area contributed by atoms with Gasteiger partial charge in [0.2, 0.25) is 0 Å². The molecule has 3 atom stereocenters. The van der Waals surface area contributed by atoms with E-state index in [9.17, 15) is 4.79 Å². The van der Waals surface area contributed by atoms with Crippen molar-refractivity contribution in [2.24, 2.45) is 11.8 Å². The lowest BCUT2D eigenvalue weighted by Crippen LogP contribution is -2.41. The van der Waals surface area contributed by atoms with E-state index in [-0.39, 0.29) is 6.09 Å². The van der Waals surface area contributed by atoms with Crippen LogP contribution in [0.4, 0.5) is 4.79 Å². The Bertz CT molecular complexity index is 387. The number of nitrogens with zero attached hydrogens (tertiary/aromatic N) is 1. The smallest absolute Gasteiger partial charge is 0.410 e. The highest BCUT2D eigenvalue weighted by Crippen LogP contribution is 2.30. The SMILES string of the molecule is CC1CCC(NCCCN(C(=O)OC(C)(C)C)C2CC2)CC1C. The first-order valence-corrected chi connectivity index (χ1v) is 9.49. The molecule has 4 heteroatoms. The average Bonchev–Trinajstić information content (AvgIpc) is 3.25. The van der Waals surface area contributed by atoms with Crippen molar-refractivity contribution in [2.75, 3.05) is 13.1 Å². The van der Waals surface area contributed by atoms with Crippen molar-refractivity contribution in [2.45, 2.75) is 90.8 Å². The molecule has 2 fully saturated rings. The van der Waals surface area contributed by atoms with Gasteiger partial charge in [0.15, 0.2) is 0 Å². The molecule has 0 aliphatic heterocycles. The van der Waals surface area contributed by atoms with Crippen LogP contribution in [0, 0.1) is 11.8 Å². The molecule has 0 bridgehead atoms. The van der Waals surface area contributed by atoms with Crippen LogP contribution in [0.25, 0.3) is 0 Å². The number of nitrogens with one attached hydrogen (secondary N) is 1. The molecule has 1 amide bonds. The van der Waals surface area contributed by atoms with E-state index in [1.807, 2.05) is 25.7 Å². The fraction of sp³-hybridized carbons (Fsp3) is 0.947. The molecule has 1 N–H and O–H groups in total. The summed E-state index contributed by atoms with van der Waals surface area (Å²) in [4.78, 5) is 14.2. The standard InChI is InChI=1S/C19H36N2O2/c1-14-7-8-16(13-15(14)2)20-11-6-12-21(17-9-10-17)18(22)23-19(3,4)5/h14-17,20H,6-13H2,1-5H3. The van der Waals surface area contributed by atoms with Crippen molar-refractivity contribution in [3.63, 3.8) is 0 Å². The summed E-state index contributed by atoms with van der Waals surface area (Å²) in [6.45, 7) is 12.3. The minimum Gasteiger partial charge on any atom is -0.444 e. The molecule has 2 aliphatic carbocycles. The van der Waals surface area contributed by atoms with Crippen LogP contribution in [-0.4, -0.2) is 41.8 Å². The zero-order valence-corrected chi connectivity index (χ0v) is 15.7. The third-order valence-electron chi connectivity index (χ3n) is 5.22. The predicted molar refractivity (Wildman–Crippen MR) is 94.5 cm³/mol. The molecule has 2 aliphatic rings. The third kappa shape index (κ3) is 6.33. The lowest BCUT2D eigenvalue weighted by molar-refractivity contribution is 0.0231. The third-order valence-corrected chi connectivity index (χ3v) is 5.22. The van der Waals surface area contributed by atoms with E-state index in [1.165, 1.54) is 19.3 Å². The van der Waals surface area contributed by atoms with Gasteiger partial charge in [0.25, 0.3) is 0 Å². The minimum absolute atomic E-state index is 0.139. The van der Waals surface area contributed by atoms with Gasteiger partial charge in [0.1, 0.15) is 5.60 Å². The first kappa shape index (κ1) is 18.6. The van der Waals surface area contributed by atoms with E-state index in [1.54, 1.807) is 0 Å². The molecule has 134 valence electrons. The highest BCUT2D eigenvalue weighted by atomic mass is 16.6. The van der Waals surface area contributed by atoms with Gasteiger partial charge in [-0.25, -0.2) is 4.79 Å².